The monoisotopic (exact) mass is 312 g/mol. The third-order valence-corrected chi connectivity index (χ3v) is 3.35. The quantitative estimate of drug-likeness (QED) is 0.684. The van der Waals surface area contributed by atoms with Crippen LogP contribution in [0.15, 0.2) is 24.3 Å². The molecule has 0 aliphatic rings. The Morgan fingerprint density at radius 1 is 1.43 bits per heavy atom. The normalized spacial score (nSPS) is 11.7. The van der Waals surface area contributed by atoms with Crippen LogP contribution in [0.4, 0.5) is 10.5 Å². The number of carboxylic acids is 1. The molecule has 3 N–H and O–H groups in total. The number of amides is 2. The molecule has 1 aromatic rings. The summed E-state index contributed by atoms with van der Waals surface area (Å²) in [6.07, 6.45) is 2.27. The molecule has 0 radical (unpaired) electrons. The predicted molar refractivity (Wildman–Crippen MR) is 83.7 cm³/mol. The molecule has 6 nitrogen and oxygen atoms in total. The third-order valence-electron chi connectivity index (χ3n) is 2.71. The molecular weight excluding hydrogens is 292 g/mol. The van der Waals surface area contributed by atoms with E-state index in [0.29, 0.717) is 24.5 Å². The van der Waals surface area contributed by atoms with Crippen molar-refractivity contribution in [2.75, 3.05) is 24.4 Å². The van der Waals surface area contributed by atoms with Crippen molar-refractivity contribution in [3.63, 3.8) is 0 Å². The van der Waals surface area contributed by atoms with E-state index in [9.17, 15) is 9.59 Å². The van der Waals surface area contributed by atoms with Crippen LogP contribution in [0.25, 0.3) is 0 Å². The molecule has 2 amide bonds. The maximum atomic E-state index is 11.8. The molecule has 0 aliphatic carbocycles. The average Bonchev–Trinajstić information content (AvgIpc) is 2.44. The molecule has 0 aliphatic heterocycles. The summed E-state index contributed by atoms with van der Waals surface area (Å²) >= 11 is 1.54. The Bertz CT molecular complexity index is 482. The van der Waals surface area contributed by atoms with Gasteiger partial charge < -0.3 is 20.5 Å². The Hall–Kier alpha value is -1.73. The van der Waals surface area contributed by atoms with Crippen molar-refractivity contribution in [3.8, 4) is 0 Å². The number of anilines is 1. The van der Waals surface area contributed by atoms with Crippen LogP contribution in [0.5, 0.6) is 0 Å². The lowest BCUT2D eigenvalue weighted by Gasteiger charge is -2.15. The fourth-order valence-corrected chi connectivity index (χ4v) is 2.20. The van der Waals surface area contributed by atoms with Gasteiger partial charge in [-0.15, -0.1) is 0 Å². The van der Waals surface area contributed by atoms with E-state index in [-0.39, 0.29) is 0 Å². The second-order valence-corrected chi connectivity index (χ2v) is 5.39. The summed E-state index contributed by atoms with van der Waals surface area (Å²) in [6, 6.07) is 5.77. The molecule has 0 aromatic heterocycles. The lowest BCUT2D eigenvalue weighted by Crippen LogP contribution is -2.43. The summed E-state index contributed by atoms with van der Waals surface area (Å²) < 4.78 is 5.02. The van der Waals surface area contributed by atoms with Crippen LogP contribution in [0.2, 0.25) is 0 Å². The second-order valence-electron chi connectivity index (χ2n) is 4.40. The predicted octanol–water partition coefficient (Wildman–Crippen LogP) is 2.16. The summed E-state index contributed by atoms with van der Waals surface area (Å²) in [5.74, 6) is -0.368. The lowest BCUT2D eigenvalue weighted by atomic mass is 10.2. The number of carbonyl (C=O) groups excluding carboxylic acids is 1. The van der Waals surface area contributed by atoms with Crippen molar-refractivity contribution < 1.29 is 19.4 Å². The third kappa shape index (κ3) is 6.50. The van der Waals surface area contributed by atoms with Crippen molar-refractivity contribution in [1.29, 1.82) is 0 Å². The number of carbonyl (C=O) groups is 2. The summed E-state index contributed by atoms with van der Waals surface area (Å²) in [7, 11) is 1.59. The smallest absolute Gasteiger partial charge is 0.326 e. The number of thioether (sulfide) groups is 1. The summed E-state index contributed by atoms with van der Waals surface area (Å²) in [4.78, 5) is 22.9. The van der Waals surface area contributed by atoms with Gasteiger partial charge in [0.15, 0.2) is 0 Å². The molecule has 0 spiro atoms. The summed E-state index contributed by atoms with van der Waals surface area (Å²) in [5.41, 5.74) is 1.52. The van der Waals surface area contributed by atoms with Crippen molar-refractivity contribution in [2.45, 2.75) is 19.1 Å². The molecule has 0 saturated carbocycles. The average molecular weight is 312 g/mol. The molecule has 1 atom stereocenters. The van der Waals surface area contributed by atoms with Gasteiger partial charge in [0.2, 0.25) is 0 Å². The van der Waals surface area contributed by atoms with E-state index in [0.717, 1.165) is 5.56 Å². The molecule has 0 heterocycles. The molecule has 116 valence electrons. The van der Waals surface area contributed by atoms with Crippen molar-refractivity contribution >= 4 is 29.4 Å². The SMILES string of the molecule is COCc1cccc(NC(=O)N[C@H](CCSC)C(=O)O)c1. The van der Waals surface area contributed by atoms with Gasteiger partial charge in [-0.2, -0.15) is 11.8 Å². The number of hydrogen-bond donors (Lipinski definition) is 3. The lowest BCUT2D eigenvalue weighted by molar-refractivity contribution is -0.139. The highest BCUT2D eigenvalue weighted by Crippen LogP contribution is 2.11. The zero-order valence-corrected chi connectivity index (χ0v) is 12.9. The zero-order chi connectivity index (χ0) is 15.7. The number of carboxylic acid groups (broad SMARTS) is 1. The standard InChI is InChI=1S/C14H20N2O4S/c1-20-9-10-4-3-5-11(8-10)15-14(19)16-12(13(17)18)6-7-21-2/h3-5,8,12H,6-7,9H2,1-2H3,(H,17,18)(H2,15,16,19)/t12-/m1/s1. The van der Waals surface area contributed by atoms with Crippen LogP contribution >= 0.6 is 11.8 Å². The minimum Gasteiger partial charge on any atom is -0.480 e. The fourth-order valence-electron chi connectivity index (χ4n) is 1.72. The fraction of sp³-hybridized carbons (Fsp3) is 0.429. The van der Waals surface area contributed by atoms with Crippen molar-refractivity contribution in [3.05, 3.63) is 29.8 Å². The first-order valence-corrected chi connectivity index (χ1v) is 7.83. The van der Waals surface area contributed by atoms with Crippen LogP contribution < -0.4 is 10.6 Å². The first kappa shape index (κ1) is 17.3. The summed E-state index contributed by atoms with van der Waals surface area (Å²) in [6.45, 7) is 0.447. The number of urea groups is 1. The number of hydrogen-bond acceptors (Lipinski definition) is 4. The minimum atomic E-state index is -1.03. The molecular formula is C14H20N2O4S. The van der Waals surface area contributed by atoms with Crippen LogP contribution in [0.1, 0.15) is 12.0 Å². The number of benzene rings is 1. The van der Waals surface area contributed by atoms with E-state index in [1.807, 2.05) is 12.3 Å². The summed E-state index contributed by atoms with van der Waals surface area (Å²) in [5, 5.41) is 14.1. The van der Waals surface area contributed by atoms with Crippen LogP contribution in [-0.2, 0) is 16.1 Å². The van der Waals surface area contributed by atoms with Gasteiger partial charge in [0.25, 0.3) is 0 Å². The van der Waals surface area contributed by atoms with Gasteiger partial charge in [0.05, 0.1) is 6.61 Å². The molecule has 1 aromatic carbocycles. The topological polar surface area (TPSA) is 87.7 Å². The van der Waals surface area contributed by atoms with Gasteiger partial charge in [-0.1, -0.05) is 12.1 Å². The van der Waals surface area contributed by atoms with Crippen molar-refractivity contribution in [1.82, 2.24) is 5.32 Å². The van der Waals surface area contributed by atoms with Gasteiger partial charge in [-0.25, -0.2) is 9.59 Å². The van der Waals surface area contributed by atoms with Gasteiger partial charge in [-0.3, -0.25) is 0 Å². The van der Waals surface area contributed by atoms with Crippen LogP contribution in [-0.4, -0.2) is 42.3 Å². The number of ether oxygens (including phenoxy) is 1. The largest absolute Gasteiger partial charge is 0.480 e. The molecule has 0 unspecified atom stereocenters. The van der Waals surface area contributed by atoms with E-state index in [1.54, 1.807) is 25.3 Å². The van der Waals surface area contributed by atoms with Gasteiger partial charge in [0.1, 0.15) is 6.04 Å². The van der Waals surface area contributed by atoms with Crippen LogP contribution in [0, 0.1) is 0 Å². The first-order chi connectivity index (χ1) is 10.1. The van der Waals surface area contributed by atoms with E-state index in [1.165, 1.54) is 11.8 Å². The first-order valence-electron chi connectivity index (χ1n) is 6.44. The maximum absolute atomic E-state index is 11.8. The number of aliphatic carboxylic acids is 1. The van der Waals surface area contributed by atoms with E-state index in [4.69, 9.17) is 9.84 Å². The Labute approximate surface area is 128 Å². The Morgan fingerprint density at radius 3 is 2.81 bits per heavy atom. The Morgan fingerprint density at radius 2 is 2.19 bits per heavy atom. The molecule has 21 heavy (non-hydrogen) atoms. The number of methoxy groups -OCH3 is 1. The molecule has 0 bridgehead atoms. The maximum Gasteiger partial charge on any atom is 0.326 e. The number of rotatable bonds is 8. The van der Waals surface area contributed by atoms with E-state index < -0.39 is 18.0 Å². The second kappa shape index (κ2) is 9.25. The molecule has 0 saturated heterocycles. The van der Waals surface area contributed by atoms with Crippen molar-refractivity contribution in [2.24, 2.45) is 0 Å². The van der Waals surface area contributed by atoms with E-state index >= 15 is 0 Å². The van der Waals surface area contributed by atoms with E-state index in [2.05, 4.69) is 10.6 Å². The minimum absolute atomic E-state index is 0.383. The molecule has 1 rings (SSSR count). The number of nitrogens with one attached hydrogen (secondary N) is 2. The van der Waals surface area contributed by atoms with Crippen LogP contribution in [0.3, 0.4) is 0 Å². The zero-order valence-electron chi connectivity index (χ0n) is 12.1. The van der Waals surface area contributed by atoms with Gasteiger partial charge in [-0.05, 0) is 36.1 Å². The van der Waals surface area contributed by atoms with Gasteiger partial charge in [0, 0.05) is 12.8 Å². The highest BCUT2D eigenvalue weighted by molar-refractivity contribution is 7.98. The molecule has 0 fully saturated rings. The highest BCUT2D eigenvalue weighted by Gasteiger charge is 2.19. The highest BCUT2D eigenvalue weighted by atomic mass is 32.2. The molecule has 7 heteroatoms. The van der Waals surface area contributed by atoms with Gasteiger partial charge >= 0.3 is 12.0 Å². The Balaban J connectivity index is 2.58. The Kier molecular flexibility index (Phi) is 7.63.